The minimum Gasteiger partial charge on any atom is -0.355 e. The molecule has 0 heterocycles. The number of hydrogen-bond donors (Lipinski definition) is 1. The second-order valence-electron chi connectivity index (χ2n) is 6.68. The van der Waals surface area contributed by atoms with E-state index in [1.54, 1.807) is 0 Å². The van der Waals surface area contributed by atoms with Gasteiger partial charge in [0.25, 0.3) is 0 Å². The summed E-state index contributed by atoms with van der Waals surface area (Å²) in [5, 5.41) is 3.66. The molecule has 1 nitrogen and oxygen atoms in total. The number of anilines is 1. The summed E-state index contributed by atoms with van der Waals surface area (Å²) < 4.78 is 0. The van der Waals surface area contributed by atoms with Crippen molar-refractivity contribution in [2.75, 3.05) is 5.32 Å². The Labute approximate surface area is 141 Å². The molecule has 0 aliphatic heterocycles. The van der Waals surface area contributed by atoms with Gasteiger partial charge in [-0.05, 0) is 118 Å². The lowest BCUT2D eigenvalue weighted by molar-refractivity contribution is 1.21. The van der Waals surface area contributed by atoms with Crippen molar-refractivity contribution >= 4 is 11.4 Å². The van der Waals surface area contributed by atoms with Gasteiger partial charge in [-0.15, -0.1) is 0 Å². The SMILES string of the molecule is CC=C(Nc1cc(C)c(C)c(C)c1C)c1cc(C)c(C)c(C)c1. The van der Waals surface area contributed by atoms with Crippen molar-refractivity contribution in [1.82, 2.24) is 0 Å². The molecule has 0 atom stereocenters. The predicted octanol–water partition coefficient (Wildman–Crippen LogP) is 6.32. The van der Waals surface area contributed by atoms with Crippen LogP contribution in [0.4, 0.5) is 5.69 Å². The van der Waals surface area contributed by atoms with Gasteiger partial charge in [0.15, 0.2) is 0 Å². The molecule has 2 aromatic rings. The second kappa shape index (κ2) is 6.62. The average Bonchev–Trinajstić information content (AvgIpc) is 2.52. The fraction of sp³-hybridized carbons (Fsp3) is 0.364. The summed E-state index contributed by atoms with van der Waals surface area (Å²) in [6, 6.07) is 6.80. The van der Waals surface area contributed by atoms with Gasteiger partial charge in [-0.1, -0.05) is 6.08 Å². The molecule has 1 N–H and O–H groups in total. The number of rotatable bonds is 3. The van der Waals surface area contributed by atoms with Crippen LogP contribution in [-0.2, 0) is 0 Å². The van der Waals surface area contributed by atoms with E-state index in [4.69, 9.17) is 0 Å². The molecule has 0 unspecified atom stereocenters. The molecule has 0 aliphatic carbocycles. The van der Waals surface area contributed by atoms with Crippen molar-refractivity contribution in [2.24, 2.45) is 0 Å². The van der Waals surface area contributed by atoms with E-state index >= 15 is 0 Å². The van der Waals surface area contributed by atoms with Gasteiger partial charge in [0.1, 0.15) is 0 Å². The van der Waals surface area contributed by atoms with Crippen LogP contribution < -0.4 is 5.32 Å². The van der Waals surface area contributed by atoms with E-state index in [9.17, 15) is 0 Å². The van der Waals surface area contributed by atoms with Gasteiger partial charge < -0.3 is 5.32 Å². The van der Waals surface area contributed by atoms with Crippen molar-refractivity contribution in [3.05, 3.63) is 68.8 Å². The van der Waals surface area contributed by atoms with Crippen LogP contribution in [-0.4, -0.2) is 0 Å². The van der Waals surface area contributed by atoms with Gasteiger partial charge in [0, 0.05) is 11.4 Å². The van der Waals surface area contributed by atoms with Crippen LogP contribution in [0.25, 0.3) is 5.70 Å². The van der Waals surface area contributed by atoms with Crippen molar-refractivity contribution in [3.63, 3.8) is 0 Å². The molecule has 0 saturated heterocycles. The molecular weight excluding hydrogens is 278 g/mol. The number of aryl methyl sites for hydroxylation is 3. The summed E-state index contributed by atoms with van der Waals surface area (Å²) in [6.07, 6.45) is 2.16. The number of allylic oxidation sites excluding steroid dienone is 1. The third-order valence-corrected chi connectivity index (χ3v) is 5.28. The Morgan fingerprint density at radius 2 is 1.22 bits per heavy atom. The Kier molecular flexibility index (Phi) is 4.99. The Hall–Kier alpha value is -2.02. The molecule has 0 spiro atoms. The molecule has 0 aliphatic rings. The van der Waals surface area contributed by atoms with E-state index in [1.807, 2.05) is 0 Å². The third kappa shape index (κ3) is 3.34. The first-order chi connectivity index (χ1) is 10.8. The van der Waals surface area contributed by atoms with Crippen LogP contribution in [0.5, 0.6) is 0 Å². The summed E-state index contributed by atoms with van der Waals surface area (Å²) in [6.45, 7) is 17.4. The fourth-order valence-corrected chi connectivity index (χ4v) is 2.99. The first-order valence-electron chi connectivity index (χ1n) is 8.35. The van der Waals surface area contributed by atoms with Crippen LogP contribution >= 0.6 is 0 Å². The highest BCUT2D eigenvalue weighted by Gasteiger charge is 2.10. The van der Waals surface area contributed by atoms with Crippen LogP contribution in [0.2, 0.25) is 0 Å². The summed E-state index contributed by atoms with van der Waals surface area (Å²) in [4.78, 5) is 0. The molecule has 1 heteroatoms. The Morgan fingerprint density at radius 3 is 1.74 bits per heavy atom. The van der Waals surface area contributed by atoms with E-state index in [0.717, 1.165) is 0 Å². The van der Waals surface area contributed by atoms with Crippen LogP contribution in [0.15, 0.2) is 24.3 Å². The molecule has 2 rings (SSSR count). The normalized spacial score (nSPS) is 11.7. The first-order valence-corrected chi connectivity index (χ1v) is 8.35. The van der Waals surface area contributed by atoms with Crippen molar-refractivity contribution < 1.29 is 0 Å². The van der Waals surface area contributed by atoms with Gasteiger partial charge in [-0.25, -0.2) is 0 Å². The lowest BCUT2D eigenvalue weighted by Crippen LogP contribution is -2.04. The van der Waals surface area contributed by atoms with Crippen molar-refractivity contribution in [1.29, 1.82) is 0 Å². The van der Waals surface area contributed by atoms with Crippen molar-refractivity contribution in [3.8, 4) is 0 Å². The summed E-state index contributed by atoms with van der Waals surface area (Å²) in [5.74, 6) is 0. The molecule has 2 aromatic carbocycles. The Balaban J connectivity index is 2.46. The Bertz CT molecular complexity index is 756. The number of nitrogens with one attached hydrogen (secondary N) is 1. The van der Waals surface area contributed by atoms with Gasteiger partial charge in [-0.3, -0.25) is 0 Å². The zero-order chi connectivity index (χ0) is 17.3. The summed E-state index contributed by atoms with van der Waals surface area (Å²) in [5.41, 5.74) is 13.1. The Morgan fingerprint density at radius 1 is 0.696 bits per heavy atom. The molecule has 0 bridgehead atoms. The highest BCUT2D eigenvalue weighted by Crippen LogP contribution is 2.29. The first kappa shape index (κ1) is 17.3. The molecule has 122 valence electrons. The minimum atomic E-state index is 1.17. The molecule has 0 amide bonds. The maximum absolute atomic E-state index is 3.66. The number of hydrogen-bond acceptors (Lipinski definition) is 1. The van der Waals surface area contributed by atoms with Gasteiger partial charge in [0.2, 0.25) is 0 Å². The van der Waals surface area contributed by atoms with E-state index in [1.165, 1.54) is 55.9 Å². The monoisotopic (exact) mass is 307 g/mol. The maximum atomic E-state index is 3.66. The molecule has 23 heavy (non-hydrogen) atoms. The van der Waals surface area contributed by atoms with Gasteiger partial charge in [0.05, 0.1) is 0 Å². The minimum absolute atomic E-state index is 1.17. The molecule has 0 saturated carbocycles. The quantitative estimate of drug-likeness (QED) is 0.699. The third-order valence-electron chi connectivity index (χ3n) is 5.28. The summed E-state index contributed by atoms with van der Waals surface area (Å²) in [7, 11) is 0. The average molecular weight is 307 g/mol. The predicted molar refractivity (Wildman–Crippen MR) is 103 cm³/mol. The number of benzene rings is 2. The zero-order valence-electron chi connectivity index (χ0n) is 15.8. The standard InChI is InChI=1S/C22H29N/c1-9-21(20-10-13(2)16(5)14(3)11-20)23-22-12-15(4)17(6)18(7)19(22)8/h9-12,23H,1-8H3. The molecule has 0 fully saturated rings. The highest BCUT2D eigenvalue weighted by molar-refractivity contribution is 5.79. The van der Waals surface area contributed by atoms with Crippen LogP contribution in [0.3, 0.4) is 0 Å². The van der Waals surface area contributed by atoms with Gasteiger partial charge >= 0.3 is 0 Å². The van der Waals surface area contributed by atoms with Crippen LogP contribution in [0.1, 0.15) is 51.4 Å². The molecule has 0 aromatic heterocycles. The largest absolute Gasteiger partial charge is 0.355 e. The van der Waals surface area contributed by atoms with E-state index in [0.29, 0.717) is 0 Å². The lowest BCUT2D eigenvalue weighted by Gasteiger charge is -2.19. The topological polar surface area (TPSA) is 12.0 Å². The van der Waals surface area contributed by atoms with E-state index in [-0.39, 0.29) is 0 Å². The van der Waals surface area contributed by atoms with E-state index in [2.05, 4.69) is 85.0 Å². The van der Waals surface area contributed by atoms with E-state index < -0.39 is 0 Å². The highest BCUT2D eigenvalue weighted by atomic mass is 14.9. The smallest absolute Gasteiger partial charge is 0.0419 e. The summed E-state index contributed by atoms with van der Waals surface area (Å²) >= 11 is 0. The molecular formula is C22H29N. The zero-order valence-corrected chi connectivity index (χ0v) is 15.8. The van der Waals surface area contributed by atoms with Gasteiger partial charge in [-0.2, -0.15) is 0 Å². The maximum Gasteiger partial charge on any atom is 0.0419 e. The fourth-order valence-electron chi connectivity index (χ4n) is 2.99. The van der Waals surface area contributed by atoms with Crippen molar-refractivity contribution in [2.45, 2.75) is 55.4 Å². The molecule has 0 radical (unpaired) electrons. The second-order valence-corrected chi connectivity index (χ2v) is 6.68. The lowest BCUT2D eigenvalue weighted by atomic mass is 9.96. The van der Waals surface area contributed by atoms with Crippen LogP contribution in [0, 0.1) is 48.5 Å².